The molecule has 0 atom stereocenters. The lowest BCUT2D eigenvalue weighted by molar-refractivity contribution is 0.0240. The first kappa shape index (κ1) is 33.8. The Kier molecular flexibility index (Phi) is 10.7. The highest BCUT2D eigenvalue weighted by Gasteiger charge is 2.27. The molecule has 3 aromatic heterocycles. The number of hydrogen-bond acceptors (Lipinski definition) is 12. The summed E-state index contributed by atoms with van der Waals surface area (Å²) in [6.45, 7) is 9.02. The van der Waals surface area contributed by atoms with Crippen LogP contribution in [0.1, 0.15) is 30.6 Å². The summed E-state index contributed by atoms with van der Waals surface area (Å²) in [5.41, 5.74) is 0.748. The number of rotatable bonds is 12. The number of nitrogens with zero attached hydrogens (tertiary/aromatic N) is 5. The minimum Gasteiger partial charge on any atom is -0.494 e. The summed E-state index contributed by atoms with van der Waals surface area (Å²) in [4.78, 5) is 38.4. The van der Waals surface area contributed by atoms with Crippen molar-refractivity contribution in [3.63, 3.8) is 0 Å². The minimum atomic E-state index is -0.564. The number of aromatic nitrogens is 3. The molecule has 5 rings (SSSR count). The van der Waals surface area contributed by atoms with Gasteiger partial charge >= 0.3 is 6.09 Å². The van der Waals surface area contributed by atoms with Crippen molar-refractivity contribution < 1.29 is 38.4 Å². The van der Waals surface area contributed by atoms with Gasteiger partial charge in [0.05, 0.1) is 30.8 Å². The number of thiazole rings is 1. The molecule has 0 saturated carbocycles. The van der Waals surface area contributed by atoms with Crippen LogP contribution in [0.25, 0.3) is 16.6 Å². The first-order chi connectivity index (χ1) is 22.6. The molecule has 1 aliphatic heterocycles. The lowest BCUT2D eigenvalue weighted by Crippen LogP contribution is -2.50. The smallest absolute Gasteiger partial charge is 0.410 e. The number of benzene rings is 1. The van der Waals surface area contributed by atoms with Gasteiger partial charge in [0.25, 0.3) is 5.91 Å². The van der Waals surface area contributed by atoms with E-state index < -0.39 is 11.5 Å². The van der Waals surface area contributed by atoms with Gasteiger partial charge in [-0.05, 0) is 39.0 Å². The van der Waals surface area contributed by atoms with Crippen molar-refractivity contribution in [3.05, 3.63) is 47.2 Å². The number of carbonyl (C=O) groups excluding carboxylic acids is 2. The third-order valence-electron chi connectivity index (χ3n) is 7.19. The van der Waals surface area contributed by atoms with Crippen LogP contribution in [0.2, 0.25) is 0 Å². The second-order valence-electron chi connectivity index (χ2n) is 11.7. The molecule has 0 spiro atoms. The Hall–Kier alpha value is -4.60. The molecule has 15 heteroatoms. The summed E-state index contributed by atoms with van der Waals surface area (Å²) in [7, 11) is 3.18. The molecule has 47 heavy (non-hydrogen) atoms. The number of aromatic hydroxyl groups is 1. The number of ether oxygens (including phenoxy) is 5. The van der Waals surface area contributed by atoms with Gasteiger partial charge in [-0.2, -0.15) is 0 Å². The van der Waals surface area contributed by atoms with Crippen molar-refractivity contribution in [1.82, 2.24) is 19.4 Å². The fourth-order valence-electron chi connectivity index (χ4n) is 4.95. The molecule has 1 saturated heterocycles. The summed E-state index contributed by atoms with van der Waals surface area (Å²) >= 11 is 1.15. The van der Waals surface area contributed by atoms with E-state index in [0.717, 1.165) is 17.0 Å². The molecule has 2 N–H and O–H groups in total. The van der Waals surface area contributed by atoms with E-state index in [1.165, 1.54) is 4.57 Å². The monoisotopic (exact) mass is 668 g/mol. The van der Waals surface area contributed by atoms with Crippen LogP contribution in [0.15, 0.2) is 42.2 Å². The quantitative estimate of drug-likeness (QED) is 0.205. The Morgan fingerprint density at radius 2 is 1.68 bits per heavy atom. The summed E-state index contributed by atoms with van der Waals surface area (Å²) < 4.78 is 28.9. The van der Waals surface area contributed by atoms with Crippen molar-refractivity contribution in [3.8, 4) is 23.2 Å². The van der Waals surface area contributed by atoms with Gasteiger partial charge in [0.2, 0.25) is 5.88 Å². The molecule has 252 valence electrons. The van der Waals surface area contributed by atoms with Crippen LogP contribution in [-0.2, 0) is 14.2 Å². The molecule has 4 heterocycles. The topological polar surface area (TPSA) is 150 Å². The molecule has 1 aromatic carbocycles. The summed E-state index contributed by atoms with van der Waals surface area (Å²) in [5, 5.41) is 17.2. The maximum absolute atomic E-state index is 13.4. The van der Waals surface area contributed by atoms with Gasteiger partial charge in [0.15, 0.2) is 22.3 Å². The zero-order chi connectivity index (χ0) is 33.6. The lowest BCUT2D eigenvalue weighted by atomic mass is 10.2. The summed E-state index contributed by atoms with van der Waals surface area (Å²) in [6.07, 6.45) is 4.63. The Balaban J connectivity index is 1.30. The van der Waals surface area contributed by atoms with Crippen molar-refractivity contribution in [2.75, 3.05) is 77.0 Å². The van der Waals surface area contributed by atoms with Gasteiger partial charge < -0.3 is 43.9 Å². The Labute approximate surface area is 276 Å². The Morgan fingerprint density at radius 3 is 2.34 bits per heavy atom. The van der Waals surface area contributed by atoms with Crippen molar-refractivity contribution in [1.29, 1.82) is 0 Å². The van der Waals surface area contributed by atoms with Gasteiger partial charge in [0, 0.05) is 68.9 Å². The van der Waals surface area contributed by atoms with E-state index >= 15 is 0 Å². The third kappa shape index (κ3) is 8.22. The molecule has 0 bridgehead atoms. The normalized spacial score (nSPS) is 13.6. The van der Waals surface area contributed by atoms with E-state index in [4.69, 9.17) is 23.7 Å². The average molecular weight is 669 g/mol. The van der Waals surface area contributed by atoms with Gasteiger partial charge in [-0.1, -0.05) is 0 Å². The standard InChI is InChI=1S/C32H40N6O8S/c1-32(2,3)46-31(41)37-10-8-36(9-11-37)24-6-7-33-18-23(24)34-28(39)29-35-27(20-47-29)38-19-21-16-25(44-14-12-42-4)26(45-15-13-43-5)17-22(21)30(38)40/h6-7,16-20,40H,8-15H2,1-5H3,(H,34,39). The maximum atomic E-state index is 13.4. The molecule has 0 aliphatic carbocycles. The largest absolute Gasteiger partial charge is 0.494 e. The van der Waals surface area contributed by atoms with Gasteiger partial charge in [-0.3, -0.25) is 14.3 Å². The van der Waals surface area contributed by atoms with E-state index in [-0.39, 0.29) is 17.0 Å². The van der Waals surface area contributed by atoms with Crippen LogP contribution in [0.5, 0.6) is 17.4 Å². The van der Waals surface area contributed by atoms with Crippen molar-refractivity contribution in [2.45, 2.75) is 26.4 Å². The molecule has 14 nitrogen and oxygen atoms in total. The average Bonchev–Trinajstić information content (AvgIpc) is 3.66. The Morgan fingerprint density at radius 1 is 1.00 bits per heavy atom. The summed E-state index contributed by atoms with van der Waals surface area (Å²) in [6, 6.07) is 5.31. The van der Waals surface area contributed by atoms with Crippen LogP contribution in [0.4, 0.5) is 16.2 Å². The highest BCUT2D eigenvalue weighted by Crippen LogP contribution is 2.39. The van der Waals surface area contributed by atoms with Crippen molar-refractivity contribution in [2.24, 2.45) is 0 Å². The number of pyridine rings is 1. The fourth-order valence-corrected chi connectivity index (χ4v) is 5.64. The van der Waals surface area contributed by atoms with E-state index in [1.807, 2.05) is 26.8 Å². The van der Waals surface area contributed by atoms with E-state index in [0.29, 0.717) is 86.4 Å². The van der Waals surface area contributed by atoms with Gasteiger partial charge in [0.1, 0.15) is 18.8 Å². The van der Waals surface area contributed by atoms with Gasteiger partial charge in [-0.15, -0.1) is 11.3 Å². The zero-order valence-corrected chi connectivity index (χ0v) is 28.0. The lowest BCUT2D eigenvalue weighted by Gasteiger charge is -2.37. The van der Waals surface area contributed by atoms with Crippen LogP contribution in [-0.4, -0.2) is 109 Å². The first-order valence-electron chi connectivity index (χ1n) is 15.1. The number of carbonyl (C=O) groups is 2. The number of nitrogens with one attached hydrogen (secondary N) is 1. The van der Waals surface area contributed by atoms with E-state index in [2.05, 4.69) is 20.2 Å². The third-order valence-corrected chi connectivity index (χ3v) is 8.02. The Bertz CT molecular complexity index is 1690. The highest BCUT2D eigenvalue weighted by atomic mass is 32.1. The second-order valence-corrected chi connectivity index (χ2v) is 12.6. The number of fused-ring (bicyclic) bond motifs is 1. The number of hydrogen-bond donors (Lipinski definition) is 2. The number of methoxy groups -OCH3 is 2. The predicted octanol–water partition coefficient (Wildman–Crippen LogP) is 4.55. The predicted molar refractivity (Wildman–Crippen MR) is 178 cm³/mol. The molecular weight excluding hydrogens is 628 g/mol. The molecule has 0 unspecified atom stereocenters. The van der Waals surface area contributed by atoms with Crippen molar-refractivity contribution >= 4 is 45.5 Å². The molecule has 0 radical (unpaired) electrons. The number of piperazine rings is 1. The molecule has 1 fully saturated rings. The molecule has 1 aliphatic rings. The van der Waals surface area contributed by atoms with Gasteiger partial charge in [-0.25, -0.2) is 9.78 Å². The SMILES string of the molecule is COCCOc1cc2cn(-c3csc(C(=O)Nc4cnccc4N4CCN(C(=O)OC(C)(C)C)CC4)n3)c(O)c2cc1OCCOC. The van der Waals surface area contributed by atoms with Crippen LogP contribution >= 0.6 is 11.3 Å². The molecule has 4 aromatic rings. The molecule has 2 amide bonds. The van der Waals surface area contributed by atoms with Crippen LogP contribution in [0.3, 0.4) is 0 Å². The molecular formula is C32H40N6O8S. The highest BCUT2D eigenvalue weighted by molar-refractivity contribution is 7.12. The summed E-state index contributed by atoms with van der Waals surface area (Å²) in [5.74, 6) is 0.858. The second kappa shape index (κ2) is 14.9. The fraction of sp³-hybridized carbons (Fsp3) is 0.438. The minimum absolute atomic E-state index is 0.0580. The van der Waals surface area contributed by atoms with E-state index in [1.54, 1.807) is 55.2 Å². The number of anilines is 2. The van der Waals surface area contributed by atoms with Crippen LogP contribution < -0.4 is 19.7 Å². The number of amides is 2. The zero-order valence-electron chi connectivity index (χ0n) is 27.1. The first-order valence-corrected chi connectivity index (χ1v) is 16.0. The maximum Gasteiger partial charge on any atom is 0.410 e. The van der Waals surface area contributed by atoms with Crippen LogP contribution in [0, 0.1) is 0 Å². The van der Waals surface area contributed by atoms with E-state index in [9.17, 15) is 14.7 Å².